The molecule has 0 saturated carbocycles. The van der Waals surface area contributed by atoms with Crippen molar-refractivity contribution in [3.05, 3.63) is 23.6 Å². The zero-order valence-corrected chi connectivity index (χ0v) is 11.9. The Morgan fingerprint density at radius 3 is 2.90 bits per heavy atom. The summed E-state index contributed by atoms with van der Waals surface area (Å²) in [5.41, 5.74) is 0.279. The molecule has 2 rings (SSSR count). The van der Waals surface area contributed by atoms with Crippen LogP contribution in [0, 0.1) is 5.82 Å². The quantitative estimate of drug-likeness (QED) is 0.916. The minimum atomic E-state index is -0.504. The number of carbonyl (C=O) groups excluding carboxylic acids is 1. The van der Waals surface area contributed by atoms with Gasteiger partial charge in [0, 0.05) is 32.8 Å². The van der Waals surface area contributed by atoms with E-state index >= 15 is 0 Å². The maximum absolute atomic E-state index is 13.4. The number of anilines is 1. The molecule has 0 spiro atoms. The topological polar surface area (TPSA) is 54.5 Å². The number of hydrogen-bond donors (Lipinski definition) is 1. The maximum atomic E-state index is 13.4. The predicted molar refractivity (Wildman–Crippen MR) is 74.3 cm³/mol. The van der Waals surface area contributed by atoms with Gasteiger partial charge in [0.25, 0.3) is 5.91 Å². The van der Waals surface area contributed by atoms with Crippen LogP contribution in [0.3, 0.4) is 0 Å². The molecule has 1 fully saturated rings. The molecule has 0 aromatic carbocycles. The summed E-state index contributed by atoms with van der Waals surface area (Å²) in [5, 5.41) is 2.99. The Labute approximate surface area is 118 Å². The number of carbonyl (C=O) groups is 1. The molecule has 6 heteroatoms. The van der Waals surface area contributed by atoms with Crippen molar-refractivity contribution in [2.24, 2.45) is 0 Å². The van der Waals surface area contributed by atoms with Crippen molar-refractivity contribution in [2.75, 3.05) is 32.1 Å². The van der Waals surface area contributed by atoms with Crippen LogP contribution in [0.5, 0.6) is 0 Å². The number of nitrogens with zero attached hydrogens (tertiary/aromatic N) is 2. The smallest absolute Gasteiger partial charge is 0.257 e. The summed E-state index contributed by atoms with van der Waals surface area (Å²) in [6.45, 7) is 3.84. The van der Waals surface area contributed by atoms with Crippen LogP contribution in [0.15, 0.2) is 12.3 Å². The summed E-state index contributed by atoms with van der Waals surface area (Å²) in [4.78, 5) is 18.2. The second kappa shape index (κ2) is 6.65. The number of ether oxygens (including phenoxy) is 1. The monoisotopic (exact) mass is 281 g/mol. The highest BCUT2D eigenvalue weighted by Gasteiger charge is 2.25. The van der Waals surface area contributed by atoms with Gasteiger partial charge in [0.15, 0.2) is 0 Å². The highest BCUT2D eigenvalue weighted by atomic mass is 19.1. The van der Waals surface area contributed by atoms with Gasteiger partial charge >= 0.3 is 0 Å². The summed E-state index contributed by atoms with van der Waals surface area (Å²) >= 11 is 0. The third kappa shape index (κ3) is 3.25. The number of halogens is 1. The highest BCUT2D eigenvalue weighted by molar-refractivity contribution is 5.98. The van der Waals surface area contributed by atoms with Gasteiger partial charge in [0.05, 0.1) is 11.8 Å². The number of hydrogen-bond acceptors (Lipinski definition) is 4. The highest BCUT2D eigenvalue weighted by Crippen LogP contribution is 2.20. The molecule has 110 valence electrons. The minimum absolute atomic E-state index is 0.133. The Morgan fingerprint density at radius 1 is 1.55 bits per heavy atom. The van der Waals surface area contributed by atoms with E-state index in [1.54, 1.807) is 11.9 Å². The maximum Gasteiger partial charge on any atom is 0.257 e. The van der Waals surface area contributed by atoms with E-state index in [1.165, 1.54) is 6.07 Å². The summed E-state index contributed by atoms with van der Waals surface area (Å²) in [7, 11) is 1.75. The van der Waals surface area contributed by atoms with Gasteiger partial charge in [0.2, 0.25) is 0 Å². The van der Waals surface area contributed by atoms with E-state index in [9.17, 15) is 9.18 Å². The molecule has 20 heavy (non-hydrogen) atoms. The molecular weight excluding hydrogens is 261 g/mol. The van der Waals surface area contributed by atoms with Crippen LogP contribution in [-0.4, -0.2) is 48.6 Å². The summed E-state index contributed by atoms with van der Waals surface area (Å²) < 4.78 is 18.7. The van der Waals surface area contributed by atoms with Crippen molar-refractivity contribution in [1.29, 1.82) is 0 Å². The molecule has 0 aliphatic carbocycles. The lowest BCUT2D eigenvalue weighted by Crippen LogP contribution is -2.41. The third-order valence-electron chi connectivity index (χ3n) is 3.49. The van der Waals surface area contributed by atoms with E-state index in [-0.39, 0.29) is 17.5 Å². The second-order valence-corrected chi connectivity index (χ2v) is 4.84. The van der Waals surface area contributed by atoms with Crippen LogP contribution in [0.25, 0.3) is 0 Å². The molecule has 0 bridgehead atoms. The Bertz CT molecular complexity index is 475. The zero-order valence-electron chi connectivity index (χ0n) is 11.9. The molecule has 1 saturated heterocycles. The first-order chi connectivity index (χ1) is 9.63. The number of pyridine rings is 1. The number of amides is 1. The predicted octanol–water partition coefficient (Wildman–Crippen LogP) is 1.90. The van der Waals surface area contributed by atoms with Gasteiger partial charge in [-0.3, -0.25) is 4.79 Å². The fourth-order valence-corrected chi connectivity index (χ4v) is 2.34. The molecule has 5 nitrogen and oxygen atoms in total. The summed E-state index contributed by atoms with van der Waals surface area (Å²) in [6, 6.07) is 1.37. The molecule has 0 atom stereocenters. The molecule has 1 N–H and O–H groups in total. The van der Waals surface area contributed by atoms with Crippen molar-refractivity contribution in [1.82, 2.24) is 9.88 Å². The van der Waals surface area contributed by atoms with E-state index in [4.69, 9.17) is 4.74 Å². The normalized spacial score (nSPS) is 15.9. The van der Waals surface area contributed by atoms with Crippen LogP contribution in [0.4, 0.5) is 10.2 Å². The standard InChI is InChI=1S/C14H20FN3O2/c1-3-16-13-12(8-10(15)9-17-13)14(19)18(2)11-4-6-20-7-5-11/h8-9,11H,3-7H2,1-2H3,(H,16,17). The SMILES string of the molecule is CCNc1ncc(F)cc1C(=O)N(C)C1CCOCC1. The first-order valence-electron chi connectivity index (χ1n) is 6.87. The van der Waals surface area contributed by atoms with E-state index in [0.717, 1.165) is 19.0 Å². The first kappa shape index (κ1) is 14.7. The van der Waals surface area contributed by atoms with Crippen molar-refractivity contribution in [2.45, 2.75) is 25.8 Å². The molecule has 1 amide bonds. The lowest BCUT2D eigenvalue weighted by atomic mass is 10.1. The van der Waals surface area contributed by atoms with E-state index in [0.29, 0.717) is 25.6 Å². The number of nitrogens with one attached hydrogen (secondary N) is 1. The van der Waals surface area contributed by atoms with Crippen molar-refractivity contribution in [3.8, 4) is 0 Å². The van der Waals surface area contributed by atoms with E-state index < -0.39 is 5.82 Å². The molecule has 0 radical (unpaired) electrons. The van der Waals surface area contributed by atoms with E-state index in [1.807, 2.05) is 6.92 Å². The van der Waals surface area contributed by atoms with Crippen LogP contribution in [0.1, 0.15) is 30.1 Å². The first-order valence-corrected chi connectivity index (χ1v) is 6.87. The van der Waals surface area contributed by atoms with Gasteiger partial charge in [0.1, 0.15) is 11.6 Å². The Hall–Kier alpha value is -1.69. The van der Waals surface area contributed by atoms with Crippen LogP contribution in [-0.2, 0) is 4.74 Å². The Morgan fingerprint density at radius 2 is 2.25 bits per heavy atom. The van der Waals surface area contributed by atoms with Crippen LogP contribution >= 0.6 is 0 Å². The number of rotatable bonds is 4. The van der Waals surface area contributed by atoms with Crippen LogP contribution < -0.4 is 5.32 Å². The summed E-state index contributed by atoms with van der Waals surface area (Å²) in [6.07, 6.45) is 2.73. The lowest BCUT2D eigenvalue weighted by Gasteiger charge is -2.31. The van der Waals surface area contributed by atoms with Gasteiger partial charge < -0.3 is 15.0 Å². The van der Waals surface area contributed by atoms with Crippen molar-refractivity contribution in [3.63, 3.8) is 0 Å². The molecule has 0 unspecified atom stereocenters. The largest absolute Gasteiger partial charge is 0.381 e. The fourth-order valence-electron chi connectivity index (χ4n) is 2.34. The molecule has 2 heterocycles. The van der Waals surface area contributed by atoms with Crippen molar-refractivity contribution >= 4 is 11.7 Å². The molecule has 1 aromatic heterocycles. The molecule has 1 aromatic rings. The average Bonchev–Trinajstić information content (AvgIpc) is 2.48. The molecule has 1 aliphatic rings. The molecular formula is C14H20FN3O2. The molecule has 1 aliphatic heterocycles. The Balaban J connectivity index is 2.20. The second-order valence-electron chi connectivity index (χ2n) is 4.84. The van der Waals surface area contributed by atoms with Gasteiger partial charge in [-0.15, -0.1) is 0 Å². The van der Waals surface area contributed by atoms with Crippen molar-refractivity contribution < 1.29 is 13.9 Å². The Kier molecular flexibility index (Phi) is 4.89. The van der Waals surface area contributed by atoms with Gasteiger partial charge in [-0.05, 0) is 25.8 Å². The third-order valence-corrected chi connectivity index (χ3v) is 3.49. The van der Waals surface area contributed by atoms with Gasteiger partial charge in [-0.25, -0.2) is 9.37 Å². The van der Waals surface area contributed by atoms with Gasteiger partial charge in [-0.2, -0.15) is 0 Å². The van der Waals surface area contributed by atoms with E-state index in [2.05, 4.69) is 10.3 Å². The number of aromatic nitrogens is 1. The fraction of sp³-hybridized carbons (Fsp3) is 0.571. The summed E-state index contributed by atoms with van der Waals surface area (Å²) in [5.74, 6) is -0.284. The zero-order chi connectivity index (χ0) is 14.5. The lowest BCUT2D eigenvalue weighted by molar-refractivity contribution is 0.0362. The minimum Gasteiger partial charge on any atom is -0.381 e. The van der Waals surface area contributed by atoms with Crippen LogP contribution in [0.2, 0.25) is 0 Å². The average molecular weight is 281 g/mol. The van der Waals surface area contributed by atoms with Gasteiger partial charge in [-0.1, -0.05) is 0 Å².